The molecule has 1 rings (SSSR count). The maximum Gasteiger partial charge on any atom is 0.344 e. The largest absolute Gasteiger partial charge is 0.389 e. The van der Waals surface area contributed by atoms with Crippen LogP contribution in [-0.4, -0.2) is 51.3 Å². The van der Waals surface area contributed by atoms with Gasteiger partial charge in [-0.05, 0) is 32.8 Å². The second-order valence-electron chi connectivity index (χ2n) is 4.26. The quantitative estimate of drug-likeness (QED) is 0.802. The lowest BCUT2D eigenvalue weighted by molar-refractivity contribution is -0.121. The Morgan fingerprint density at radius 2 is 2.05 bits per heavy atom. The first kappa shape index (κ1) is 15.4. The van der Waals surface area contributed by atoms with Crippen molar-refractivity contribution in [3.63, 3.8) is 0 Å². The van der Waals surface area contributed by atoms with Crippen LogP contribution >= 0.6 is 0 Å². The van der Waals surface area contributed by atoms with Crippen molar-refractivity contribution in [2.24, 2.45) is 0 Å². The molecular weight excluding hydrogens is 246 g/mol. The zero-order valence-corrected chi connectivity index (χ0v) is 11.5. The summed E-state index contributed by atoms with van der Waals surface area (Å²) in [7, 11) is 0. The summed E-state index contributed by atoms with van der Waals surface area (Å²) < 4.78 is 1.33. The van der Waals surface area contributed by atoms with Gasteiger partial charge < -0.3 is 10.0 Å². The average Bonchev–Trinajstić information content (AvgIpc) is 2.88. The van der Waals surface area contributed by atoms with Gasteiger partial charge in [0.1, 0.15) is 6.61 Å². The van der Waals surface area contributed by atoms with Crippen molar-refractivity contribution in [1.82, 2.24) is 14.7 Å². The van der Waals surface area contributed by atoms with Crippen LogP contribution in [-0.2, 0) is 11.2 Å². The Kier molecular flexibility index (Phi) is 6.21. The van der Waals surface area contributed by atoms with Crippen LogP contribution in [0.5, 0.6) is 0 Å². The predicted molar refractivity (Wildman–Crippen MR) is 71.0 cm³/mol. The van der Waals surface area contributed by atoms with E-state index in [0.29, 0.717) is 32.4 Å². The fourth-order valence-corrected chi connectivity index (χ4v) is 1.79. The van der Waals surface area contributed by atoms with Gasteiger partial charge in [-0.3, -0.25) is 4.79 Å². The van der Waals surface area contributed by atoms with Crippen LogP contribution in [0, 0.1) is 0 Å². The molecule has 19 heavy (non-hydrogen) atoms. The van der Waals surface area contributed by atoms with Crippen LogP contribution in [0.1, 0.15) is 32.4 Å². The van der Waals surface area contributed by atoms with Gasteiger partial charge in [0.15, 0.2) is 5.78 Å². The van der Waals surface area contributed by atoms with Gasteiger partial charge in [0.25, 0.3) is 0 Å². The average molecular weight is 267 g/mol. The molecule has 6 nitrogen and oxygen atoms in total. The van der Waals surface area contributed by atoms with Gasteiger partial charge in [-0.15, -0.1) is 0 Å². The molecule has 0 radical (unpaired) electrons. The molecule has 1 aromatic rings. The fraction of sp³-hybridized carbons (Fsp3) is 0.615. The van der Waals surface area contributed by atoms with E-state index in [1.165, 1.54) is 4.68 Å². The van der Waals surface area contributed by atoms with Crippen LogP contribution in [0.4, 0.5) is 4.79 Å². The van der Waals surface area contributed by atoms with E-state index in [9.17, 15) is 9.59 Å². The maximum atomic E-state index is 12.0. The number of amides is 1. The van der Waals surface area contributed by atoms with E-state index in [1.807, 2.05) is 13.8 Å². The smallest absolute Gasteiger partial charge is 0.344 e. The highest BCUT2D eigenvalue weighted by atomic mass is 16.3. The summed E-state index contributed by atoms with van der Waals surface area (Å²) in [4.78, 5) is 24.6. The number of Topliss-reactive ketones (excluding diaryl/α,β-unsaturated/α-hetero) is 1. The van der Waals surface area contributed by atoms with Gasteiger partial charge >= 0.3 is 6.03 Å². The molecule has 0 aliphatic heterocycles. The SMILES string of the molecule is CCN(CC)C(=O)n1ccc(CCCC(=O)CO)n1. The minimum atomic E-state index is -0.408. The zero-order chi connectivity index (χ0) is 14.3. The third kappa shape index (κ3) is 4.48. The van der Waals surface area contributed by atoms with Crippen LogP contribution in [0.15, 0.2) is 12.3 Å². The first-order valence-electron chi connectivity index (χ1n) is 6.58. The molecule has 1 heterocycles. The lowest BCUT2D eigenvalue weighted by atomic mass is 10.1. The van der Waals surface area contributed by atoms with Crippen molar-refractivity contribution in [2.75, 3.05) is 19.7 Å². The number of aliphatic hydroxyl groups excluding tert-OH is 1. The molecular formula is C13H21N3O3. The summed E-state index contributed by atoms with van der Waals surface area (Å²) in [5.41, 5.74) is 0.784. The van der Waals surface area contributed by atoms with Crippen LogP contribution in [0.2, 0.25) is 0 Å². The molecule has 0 saturated heterocycles. The van der Waals surface area contributed by atoms with E-state index < -0.39 is 6.61 Å². The summed E-state index contributed by atoms with van der Waals surface area (Å²) in [5, 5.41) is 12.8. The summed E-state index contributed by atoms with van der Waals surface area (Å²) in [6, 6.07) is 1.65. The molecule has 0 aliphatic rings. The number of hydrogen-bond donors (Lipinski definition) is 1. The van der Waals surface area contributed by atoms with Crippen molar-refractivity contribution in [1.29, 1.82) is 0 Å². The zero-order valence-electron chi connectivity index (χ0n) is 11.5. The van der Waals surface area contributed by atoms with Crippen LogP contribution < -0.4 is 0 Å². The number of rotatable bonds is 7. The summed E-state index contributed by atoms with van der Waals surface area (Å²) in [6.45, 7) is 4.73. The van der Waals surface area contributed by atoms with Crippen molar-refractivity contribution < 1.29 is 14.7 Å². The summed E-state index contributed by atoms with van der Waals surface area (Å²) in [5.74, 6) is -0.168. The van der Waals surface area contributed by atoms with Crippen molar-refractivity contribution in [2.45, 2.75) is 33.1 Å². The van der Waals surface area contributed by atoms with Gasteiger partial charge in [0.05, 0.1) is 5.69 Å². The topological polar surface area (TPSA) is 75.4 Å². The van der Waals surface area contributed by atoms with Crippen molar-refractivity contribution in [3.8, 4) is 0 Å². The number of nitrogens with zero attached hydrogens (tertiary/aromatic N) is 3. The number of carbonyl (C=O) groups is 2. The van der Waals surface area contributed by atoms with E-state index in [-0.39, 0.29) is 11.8 Å². The number of ketones is 1. The Morgan fingerprint density at radius 3 is 2.63 bits per heavy atom. The number of aromatic nitrogens is 2. The van der Waals surface area contributed by atoms with Gasteiger partial charge in [-0.2, -0.15) is 9.78 Å². The number of hydrogen-bond acceptors (Lipinski definition) is 4. The highest BCUT2D eigenvalue weighted by Crippen LogP contribution is 2.04. The Labute approximate surface area is 113 Å². The van der Waals surface area contributed by atoms with E-state index in [0.717, 1.165) is 5.69 Å². The van der Waals surface area contributed by atoms with E-state index in [2.05, 4.69) is 5.10 Å². The molecule has 6 heteroatoms. The van der Waals surface area contributed by atoms with Crippen molar-refractivity contribution in [3.05, 3.63) is 18.0 Å². The Morgan fingerprint density at radius 1 is 1.37 bits per heavy atom. The van der Waals surface area contributed by atoms with E-state index in [1.54, 1.807) is 17.2 Å². The normalized spacial score (nSPS) is 10.5. The van der Waals surface area contributed by atoms with Gasteiger partial charge in [-0.1, -0.05) is 0 Å². The lowest BCUT2D eigenvalue weighted by Crippen LogP contribution is -2.34. The molecule has 1 N–H and O–H groups in total. The molecule has 0 unspecified atom stereocenters. The third-order valence-electron chi connectivity index (χ3n) is 2.94. The minimum Gasteiger partial charge on any atom is -0.389 e. The second-order valence-corrected chi connectivity index (χ2v) is 4.26. The van der Waals surface area contributed by atoms with Crippen LogP contribution in [0.3, 0.4) is 0 Å². The van der Waals surface area contributed by atoms with E-state index >= 15 is 0 Å². The molecule has 0 spiro atoms. The summed E-state index contributed by atoms with van der Waals surface area (Å²) >= 11 is 0. The molecule has 0 saturated carbocycles. The van der Waals surface area contributed by atoms with Crippen molar-refractivity contribution >= 4 is 11.8 Å². The maximum absolute atomic E-state index is 12.0. The van der Waals surface area contributed by atoms with E-state index in [4.69, 9.17) is 5.11 Å². The third-order valence-corrected chi connectivity index (χ3v) is 2.94. The molecule has 106 valence electrons. The molecule has 1 aromatic heterocycles. The lowest BCUT2D eigenvalue weighted by Gasteiger charge is -2.17. The second kappa shape index (κ2) is 7.68. The van der Waals surface area contributed by atoms with Crippen LogP contribution in [0.25, 0.3) is 0 Å². The molecule has 0 fully saturated rings. The molecule has 0 aromatic carbocycles. The molecule has 0 aliphatic carbocycles. The predicted octanol–water partition coefficient (Wildman–Crippen LogP) is 1.08. The Balaban J connectivity index is 2.52. The number of carbonyl (C=O) groups excluding carboxylic acids is 2. The Hall–Kier alpha value is -1.69. The standard InChI is InChI=1S/C13H21N3O3/c1-3-15(4-2)13(19)16-9-8-11(14-16)6-5-7-12(18)10-17/h8-9,17H,3-7,10H2,1-2H3. The van der Waals surface area contributed by atoms with Gasteiger partial charge in [0.2, 0.25) is 0 Å². The Bertz CT molecular complexity index is 425. The first-order valence-corrected chi connectivity index (χ1v) is 6.58. The molecule has 1 amide bonds. The number of aryl methyl sites for hydroxylation is 1. The highest BCUT2D eigenvalue weighted by molar-refractivity contribution is 5.79. The van der Waals surface area contributed by atoms with Gasteiger partial charge in [-0.25, -0.2) is 4.79 Å². The first-order chi connectivity index (χ1) is 9.12. The monoisotopic (exact) mass is 267 g/mol. The molecule has 0 bridgehead atoms. The summed E-state index contributed by atoms with van der Waals surface area (Å²) in [6.07, 6.45) is 3.25. The molecule has 0 atom stereocenters. The van der Waals surface area contributed by atoms with Gasteiger partial charge in [0, 0.05) is 25.7 Å². The number of aliphatic hydroxyl groups is 1. The fourth-order valence-electron chi connectivity index (χ4n) is 1.79. The minimum absolute atomic E-state index is 0.136. The highest BCUT2D eigenvalue weighted by Gasteiger charge is 2.13.